The van der Waals surface area contributed by atoms with Gasteiger partial charge in [0, 0.05) is 6.42 Å². The lowest BCUT2D eigenvalue weighted by Gasteiger charge is -2.34. The zero-order valence-corrected chi connectivity index (χ0v) is 9.79. The lowest BCUT2D eigenvalue weighted by molar-refractivity contribution is -0.873. The van der Waals surface area contributed by atoms with Crippen molar-refractivity contribution in [2.24, 2.45) is 0 Å². The Kier molecular flexibility index (Phi) is 3.04. The van der Waals surface area contributed by atoms with Crippen molar-refractivity contribution in [2.75, 3.05) is 34.8 Å². The van der Waals surface area contributed by atoms with Crippen molar-refractivity contribution in [1.82, 2.24) is 5.32 Å². The molecule has 1 fully saturated rings. The topological polar surface area (TPSA) is 55.4 Å². The van der Waals surface area contributed by atoms with Gasteiger partial charge in [-0.3, -0.25) is 4.79 Å². The second kappa shape index (κ2) is 3.81. The predicted molar refractivity (Wildman–Crippen MR) is 55.0 cm³/mol. The summed E-state index contributed by atoms with van der Waals surface area (Å²) in [5.41, 5.74) is -0.829. The minimum atomic E-state index is -0.829. The summed E-state index contributed by atoms with van der Waals surface area (Å²) in [6.07, 6.45) is 0.920. The number of carbonyl (C=O) groups excluding carboxylic acids is 2. The Hall–Kier alpha value is -1.10. The molecule has 1 aliphatic rings. The predicted octanol–water partition coefficient (Wildman–Crippen LogP) is -0.486. The minimum Gasteiger partial charge on any atom is -0.467 e. The minimum absolute atomic E-state index is 0.0751. The van der Waals surface area contributed by atoms with Crippen LogP contribution in [0.2, 0.25) is 0 Å². The maximum absolute atomic E-state index is 11.7. The van der Waals surface area contributed by atoms with Gasteiger partial charge in [0.25, 0.3) is 0 Å². The van der Waals surface area contributed by atoms with Crippen LogP contribution in [0.15, 0.2) is 0 Å². The molecule has 1 rings (SSSR count). The first-order valence-electron chi connectivity index (χ1n) is 4.99. The van der Waals surface area contributed by atoms with Crippen LogP contribution >= 0.6 is 0 Å². The highest BCUT2D eigenvalue weighted by atomic mass is 16.5. The van der Waals surface area contributed by atoms with E-state index in [2.05, 4.69) is 5.32 Å². The molecule has 1 amide bonds. The van der Waals surface area contributed by atoms with Gasteiger partial charge in [0.05, 0.1) is 28.3 Å². The van der Waals surface area contributed by atoms with Gasteiger partial charge in [0.1, 0.15) is 6.54 Å². The van der Waals surface area contributed by atoms with Gasteiger partial charge in [-0.1, -0.05) is 0 Å². The molecule has 0 aromatic rings. The number of hydrogen-bond donors (Lipinski definition) is 1. The van der Waals surface area contributed by atoms with Crippen LogP contribution in [0.5, 0.6) is 0 Å². The summed E-state index contributed by atoms with van der Waals surface area (Å²) >= 11 is 0. The van der Waals surface area contributed by atoms with Crippen LogP contribution in [-0.2, 0) is 14.3 Å². The molecule has 0 unspecified atom stereocenters. The average Bonchev–Trinajstić information content (AvgIpc) is 2.44. The highest BCUT2D eigenvalue weighted by Gasteiger charge is 2.49. The van der Waals surface area contributed by atoms with E-state index >= 15 is 0 Å². The lowest BCUT2D eigenvalue weighted by Crippen LogP contribution is -2.60. The number of hydrogen-bond acceptors (Lipinski definition) is 3. The molecular formula is C10H19N2O3+. The van der Waals surface area contributed by atoms with Gasteiger partial charge in [-0.05, 0) is 6.42 Å². The number of esters is 1. The van der Waals surface area contributed by atoms with E-state index in [0.717, 1.165) is 0 Å². The second-order valence-electron chi connectivity index (χ2n) is 5.07. The zero-order chi connectivity index (χ0) is 11.7. The van der Waals surface area contributed by atoms with Crippen molar-refractivity contribution in [3.63, 3.8) is 0 Å². The van der Waals surface area contributed by atoms with E-state index in [9.17, 15) is 9.59 Å². The molecule has 86 valence electrons. The summed E-state index contributed by atoms with van der Waals surface area (Å²) in [4.78, 5) is 23.0. The van der Waals surface area contributed by atoms with E-state index in [1.54, 1.807) is 0 Å². The largest absolute Gasteiger partial charge is 0.467 e. The van der Waals surface area contributed by atoms with Gasteiger partial charge in [-0.15, -0.1) is 0 Å². The molecule has 1 saturated heterocycles. The van der Waals surface area contributed by atoms with E-state index < -0.39 is 5.54 Å². The molecule has 5 heteroatoms. The Morgan fingerprint density at radius 3 is 2.47 bits per heavy atom. The highest BCUT2D eigenvalue weighted by Crippen LogP contribution is 2.24. The molecule has 0 bridgehead atoms. The third-order valence-electron chi connectivity index (χ3n) is 2.48. The van der Waals surface area contributed by atoms with Gasteiger partial charge in [-0.25, -0.2) is 4.79 Å². The first kappa shape index (κ1) is 12.0. The van der Waals surface area contributed by atoms with Crippen molar-refractivity contribution in [3.05, 3.63) is 0 Å². The highest BCUT2D eigenvalue weighted by molar-refractivity contribution is 5.91. The summed E-state index contributed by atoms with van der Waals surface area (Å²) in [5.74, 6) is -0.421. The molecule has 15 heavy (non-hydrogen) atoms. The van der Waals surface area contributed by atoms with E-state index in [0.29, 0.717) is 23.9 Å². The molecule has 0 aromatic heterocycles. The fraction of sp³-hybridized carbons (Fsp3) is 0.800. The molecule has 0 radical (unpaired) electrons. The van der Waals surface area contributed by atoms with Crippen LogP contribution < -0.4 is 5.32 Å². The number of methoxy groups -OCH3 is 1. The monoisotopic (exact) mass is 215 g/mol. The SMILES string of the molecule is COC(=O)[C@@]1(C[N+](C)(C)C)CCC(=O)N1. The molecule has 1 N–H and O–H groups in total. The summed E-state index contributed by atoms with van der Waals surface area (Å²) < 4.78 is 5.37. The molecule has 1 aliphatic heterocycles. The Morgan fingerprint density at radius 1 is 1.53 bits per heavy atom. The Labute approximate surface area is 90.0 Å². The van der Waals surface area contributed by atoms with Gasteiger partial charge < -0.3 is 14.5 Å². The van der Waals surface area contributed by atoms with Gasteiger partial charge in [-0.2, -0.15) is 0 Å². The molecule has 5 nitrogen and oxygen atoms in total. The second-order valence-corrected chi connectivity index (χ2v) is 5.07. The van der Waals surface area contributed by atoms with Crippen LogP contribution in [0.1, 0.15) is 12.8 Å². The number of quaternary nitrogens is 1. The Balaban J connectivity index is 2.88. The van der Waals surface area contributed by atoms with Crippen molar-refractivity contribution in [3.8, 4) is 0 Å². The average molecular weight is 215 g/mol. The number of nitrogens with zero attached hydrogens (tertiary/aromatic N) is 1. The van der Waals surface area contributed by atoms with E-state index in [-0.39, 0.29) is 11.9 Å². The number of nitrogens with one attached hydrogen (secondary N) is 1. The summed E-state index contributed by atoms with van der Waals surface area (Å²) in [7, 11) is 7.30. The smallest absolute Gasteiger partial charge is 0.337 e. The molecular weight excluding hydrogens is 196 g/mol. The van der Waals surface area contributed by atoms with Crippen LogP contribution in [0.25, 0.3) is 0 Å². The van der Waals surface area contributed by atoms with Gasteiger partial charge in [0.15, 0.2) is 5.54 Å². The fourth-order valence-electron chi connectivity index (χ4n) is 2.06. The standard InChI is InChI=1S/C10H18N2O3/c1-12(2,3)7-10(9(14)15-4)6-5-8(13)11-10/h5-7H2,1-4H3/p+1/t10-/m0/s1. The molecule has 1 heterocycles. The van der Waals surface area contributed by atoms with Gasteiger partial charge >= 0.3 is 5.97 Å². The molecule has 0 spiro atoms. The number of ether oxygens (including phenoxy) is 1. The van der Waals surface area contributed by atoms with Crippen LogP contribution in [-0.4, -0.2) is 56.7 Å². The van der Waals surface area contributed by atoms with Crippen LogP contribution in [0.4, 0.5) is 0 Å². The first-order valence-corrected chi connectivity index (χ1v) is 4.99. The molecule has 0 aliphatic carbocycles. The molecule has 0 aromatic carbocycles. The third kappa shape index (κ3) is 2.68. The zero-order valence-electron chi connectivity index (χ0n) is 9.79. The number of likely N-dealkylation sites (N-methyl/N-ethyl adjacent to an activating group) is 1. The van der Waals surface area contributed by atoms with E-state index in [1.165, 1.54) is 7.11 Å². The lowest BCUT2D eigenvalue weighted by atomic mass is 9.96. The van der Waals surface area contributed by atoms with E-state index in [1.807, 2.05) is 21.1 Å². The Morgan fingerprint density at radius 2 is 2.13 bits per heavy atom. The van der Waals surface area contributed by atoms with Crippen LogP contribution in [0, 0.1) is 0 Å². The summed E-state index contributed by atoms with van der Waals surface area (Å²) in [6.45, 7) is 0.547. The molecule has 0 saturated carbocycles. The first-order chi connectivity index (χ1) is 6.79. The summed E-state index contributed by atoms with van der Waals surface area (Å²) in [5, 5.41) is 2.75. The van der Waals surface area contributed by atoms with Crippen molar-refractivity contribution < 1.29 is 18.8 Å². The number of amides is 1. The van der Waals surface area contributed by atoms with Gasteiger partial charge in [0.2, 0.25) is 5.91 Å². The van der Waals surface area contributed by atoms with Crippen LogP contribution in [0.3, 0.4) is 0 Å². The maximum atomic E-state index is 11.7. The van der Waals surface area contributed by atoms with E-state index in [4.69, 9.17) is 4.74 Å². The quantitative estimate of drug-likeness (QED) is 0.511. The molecule has 1 atom stereocenters. The number of rotatable bonds is 3. The normalized spacial score (nSPS) is 26.3. The third-order valence-corrected chi connectivity index (χ3v) is 2.48. The van der Waals surface area contributed by atoms with Crippen molar-refractivity contribution in [1.29, 1.82) is 0 Å². The number of carbonyl (C=O) groups is 2. The maximum Gasteiger partial charge on any atom is 0.337 e. The summed E-state index contributed by atoms with van der Waals surface area (Å²) in [6, 6.07) is 0. The van der Waals surface area contributed by atoms with Crippen molar-refractivity contribution >= 4 is 11.9 Å². The fourth-order valence-corrected chi connectivity index (χ4v) is 2.06. The van der Waals surface area contributed by atoms with Crippen molar-refractivity contribution in [2.45, 2.75) is 18.4 Å². The Bertz CT molecular complexity index is 283.